The van der Waals surface area contributed by atoms with Crippen LogP contribution in [-0.4, -0.2) is 15.7 Å². The summed E-state index contributed by atoms with van der Waals surface area (Å²) in [5.74, 6) is -0.166. The van der Waals surface area contributed by atoms with Gasteiger partial charge >= 0.3 is 0 Å². The molecule has 0 bridgehead atoms. The molecule has 0 aliphatic heterocycles. The number of halogens is 2. The van der Waals surface area contributed by atoms with Gasteiger partial charge < -0.3 is 5.32 Å². The van der Waals surface area contributed by atoms with Crippen LogP contribution in [0.1, 0.15) is 16.1 Å². The fourth-order valence-corrected chi connectivity index (χ4v) is 2.61. The molecular weight excluding hydrogens is 365 g/mol. The lowest BCUT2D eigenvalue weighted by atomic mass is 10.2. The molecule has 18 heavy (non-hydrogen) atoms. The van der Waals surface area contributed by atoms with Crippen molar-refractivity contribution in [3.8, 4) is 0 Å². The molecule has 0 aliphatic rings. The number of carbonyl (C=O) groups excluding carboxylic acids is 1. The van der Waals surface area contributed by atoms with E-state index >= 15 is 0 Å². The molecule has 0 unspecified atom stereocenters. The number of hydrogen-bond donors (Lipinski definition) is 1. The summed E-state index contributed by atoms with van der Waals surface area (Å²) in [5.41, 5.74) is 2.02. The molecule has 0 atom stereocenters. The second-order valence-electron chi connectivity index (χ2n) is 3.88. The lowest BCUT2D eigenvalue weighted by molar-refractivity contribution is 0.102. The van der Waals surface area contributed by atoms with Crippen molar-refractivity contribution in [2.24, 2.45) is 7.05 Å². The molecule has 0 fully saturated rings. The first-order valence-electron chi connectivity index (χ1n) is 5.24. The van der Waals surface area contributed by atoms with E-state index in [0.717, 1.165) is 9.26 Å². The first-order chi connectivity index (χ1) is 8.47. The molecule has 1 aromatic carbocycles. The van der Waals surface area contributed by atoms with E-state index in [1.165, 1.54) is 0 Å². The number of anilines is 1. The highest BCUT2D eigenvalue weighted by Gasteiger charge is 2.13. The topological polar surface area (TPSA) is 46.9 Å². The second-order valence-corrected chi connectivity index (χ2v) is 5.48. The third kappa shape index (κ3) is 2.84. The van der Waals surface area contributed by atoms with Crippen LogP contribution in [0, 0.1) is 10.5 Å². The SMILES string of the molecule is Cc1nn(C)cc1C(=O)Nc1ccc(Cl)cc1I. The summed E-state index contributed by atoms with van der Waals surface area (Å²) in [6.45, 7) is 1.81. The smallest absolute Gasteiger partial charge is 0.259 e. The van der Waals surface area contributed by atoms with Crippen LogP contribution >= 0.6 is 34.2 Å². The average Bonchev–Trinajstić information content (AvgIpc) is 2.62. The number of aryl methyl sites for hydroxylation is 2. The summed E-state index contributed by atoms with van der Waals surface area (Å²) in [5, 5.41) is 7.64. The van der Waals surface area contributed by atoms with Gasteiger partial charge in [0, 0.05) is 21.8 Å². The molecule has 0 radical (unpaired) electrons. The van der Waals surface area contributed by atoms with Gasteiger partial charge in [-0.05, 0) is 47.7 Å². The van der Waals surface area contributed by atoms with Crippen LogP contribution in [-0.2, 0) is 7.05 Å². The van der Waals surface area contributed by atoms with Crippen LogP contribution in [0.25, 0.3) is 0 Å². The number of rotatable bonds is 2. The molecule has 2 aromatic rings. The Morgan fingerprint density at radius 3 is 2.78 bits per heavy atom. The second kappa shape index (κ2) is 5.27. The number of nitrogens with one attached hydrogen (secondary N) is 1. The normalized spacial score (nSPS) is 10.4. The van der Waals surface area contributed by atoms with Gasteiger partial charge in [-0.1, -0.05) is 11.6 Å². The van der Waals surface area contributed by atoms with Crippen molar-refractivity contribution < 1.29 is 4.79 Å². The standard InChI is InChI=1S/C12H11ClIN3O/c1-7-9(6-17(2)16-7)12(18)15-11-4-3-8(13)5-10(11)14/h3-6H,1-2H3,(H,15,18). The zero-order valence-electron chi connectivity index (χ0n) is 9.87. The maximum atomic E-state index is 12.1. The minimum absolute atomic E-state index is 0.166. The van der Waals surface area contributed by atoms with Gasteiger partial charge in [-0.15, -0.1) is 0 Å². The molecule has 1 N–H and O–H groups in total. The van der Waals surface area contributed by atoms with Crippen molar-refractivity contribution in [3.05, 3.63) is 44.2 Å². The summed E-state index contributed by atoms with van der Waals surface area (Å²) in [7, 11) is 1.79. The van der Waals surface area contributed by atoms with E-state index in [1.807, 2.05) is 6.92 Å². The van der Waals surface area contributed by atoms with E-state index < -0.39 is 0 Å². The van der Waals surface area contributed by atoms with Crippen molar-refractivity contribution in [3.63, 3.8) is 0 Å². The fraction of sp³-hybridized carbons (Fsp3) is 0.167. The number of aromatic nitrogens is 2. The van der Waals surface area contributed by atoms with Crippen molar-refractivity contribution in [2.75, 3.05) is 5.32 Å². The lowest BCUT2D eigenvalue weighted by Gasteiger charge is -2.06. The maximum absolute atomic E-state index is 12.1. The fourth-order valence-electron chi connectivity index (χ4n) is 1.60. The van der Waals surface area contributed by atoms with Gasteiger partial charge in [0.2, 0.25) is 0 Å². The summed E-state index contributed by atoms with van der Waals surface area (Å²) in [4.78, 5) is 12.1. The lowest BCUT2D eigenvalue weighted by Crippen LogP contribution is -2.13. The van der Waals surface area contributed by atoms with E-state index in [2.05, 4.69) is 33.0 Å². The van der Waals surface area contributed by atoms with Crippen LogP contribution in [0.4, 0.5) is 5.69 Å². The van der Waals surface area contributed by atoms with Gasteiger partial charge in [-0.2, -0.15) is 5.10 Å². The maximum Gasteiger partial charge on any atom is 0.259 e. The minimum atomic E-state index is -0.166. The molecule has 2 rings (SSSR count). The number of hydrogen-bond acceptors (Lipinski definition) is 2. The Bertz CT molecular complexity index is 609. The van der Waals surface area contributed by atoms with Gasteiger partial charge in [0.25, 0.3) is 5.91 Å². The van der Waals surface area contributed by atoms with Crippen molar-refractivity contribution in [2.45, 2.75) is 6.92 Å². The number of nitrogens with zero attached hydrogens (tertiary/aromatic N) is 2. The molecule has 0 spiro atoms. The largest absolute Gasteiger partial charge is 0.321 e. The van der Waals surface area contributed by atoms with Gasteiger partial charge in [0.15, 0.2) is 0 Å². The first-order valence-corrected chi connectivity index (χ1v) is 6.69. The third-order valence-corrected chi connectivity index (χ3v) is 3.57. The van der Waals surface area contributed by atoms with Gasteiger partial charge in [0.05, 0.1) is 16.9 Å². The molecule has 1 amide bonds. The molecule has 1 aromatic heterocycles. The number of amides is 1. The van der Waals surface area contributed by atoms with Gasteiger partial charge in [-0.3, -0.25) is 9.48 Å². The van der Waals surface area contributed by atoms with E-state index in [1.54, 1.807) is 36.1 Å². The minimum Gasteiger partial charge on any atom is -0.321 e. The predicted octanol–water partition coefficient (Wildman–Crippen LogP) is 3.24. The highest BCUT2D eigenvalue weighted by atomic mass is 127. The highest BCUT2D eigenvalue weighted by Crippen LogP contribution is 2.23. The van der Waals surface area contributed by atoms with Crippen LogP contribution in [0.3, 0.4) is 0 Å². The van der Waals surface area contributed by atoms with Crippen molar-refractivity contribution >= 4 is 45.8 Å². The van der Waals surface area contributed by atoms with E-state index in [4.69, 9.17) is 11.6 Å². The van der Waals surface area contributed by atoms with Gasteiger partial charge in [0.1, 0.15) is 0 Å². The van der Waals surface area contributed by atoms with Gasteiger partial charge in [-0.25, -0.2) is 0 Å². The van der Waals surface area contributed by atoms with Crippen LogP contribution in [0.5, 0.6) is 0 Å². The molecule has 0 aliphatic carbocycles. The Morgan fingerprint density at radius 1 is 1.50 bits per heavy atom. The molecule has 1 heterocycles. The van der Waals surface area contributed by atoms with E-state index in [9.17, 15) is 4.79 Å². The third-order valence-electron chi connectivity index (χ3n) is 2.44. The summed E-state index contributed by atoms with van der Waals surface area (Å²) >= 11 is 8.00. The zero-order valence-corrected chi connectivity index (χ0v) is 12.8. The van der Waals surface area contributed by atoms with Crippen LogP contribution < -0.4 is 5.32 Å². The number of benzene rings is 1. The Labute approximate surface area is 123 Å². The first kappa shape index (κ1) is 13.4. The summed E-state index contributed by atoms with van der Waals surface area (Å²) < 4.78 is 2.52. The Balaban J connectivity index is 2.24. The Kier molecular flexibility index (Phi) is 3.91. The average molecular weight is 376 g/mol. The van der Waals surface area contributed by atoms with Crippen LogP contribution in [0.15, 0.2) is 24.4 Å². The van der Waals surface area contributed by atoms with E-state index in [-0.39, 0.29) is 5.91 Å². The van der Waals surface area contributed by atoms with Crippen LogP contribution in [0.2, 0.25) is 5.02 Å². The number of carbonyl (C=O) groups is 1. The molecule has 4 nitrogen and oxygen atoms in total. The Hall–Kier alpha value is -1.08. The predicted molar refractivity (Wildman–Crippen MR) is 80.1 cm³/mol. The summed E-state index contributed by atoms with van der Waals surface area (Å²) in [6, 6.07) is 5.33. The molecular formula is C12H11ClIN3O. The quantitative estimate of drug-likeness (QED) is 0.819. The van der Waals surface area contributed by atoms with Crippen molar-refractivity contribution in [1.82, 2.24) is 9.78 Å². The summed E-state index contributed by atoms with van der Waals surface area (Å²) in [6.07, 6.45) is 1.70. The molecule has 0 saturated heterocycles. The monoisotopic (exact) mass is 375 g/mol. The molecule has 6 heteroatoms. The highest BCUT2D eigenvalue weighted by molar-refractivity contribution is 14.1. The zero-order chi connectivity index (χ0) is 13.3. The van der Waals surface area contributed by atoms with E-state index in [0.29, 0.717) is 16.3 Å². The molecule has 94 valence electrons. The molecule has 0 saturated carbocycles. The van der Waals surface area contributed by atoms with Crippen molar-refractivity contribution in [1.29, 1.82) is 0 Å². The Morgan fingerprint density at radius 2 is 2.22 bits per heavy atom.